The summed E-state index contributed by atoms with van der Waals surface area (Å²) >= 11 is 0. The van der Waals surface area contributed by atoms with Crippen molar-refractivity contribution in [3.05, 3.63) is 65.2 Å². The van der Waals surface area contributed by atoms with Crippen LogP contribution in [0.5, 0.6) is 0 Å². The van der Waals surface area contributed by atoms with Crippen LogP contribution in [-0.2, 0) is 5.60 Å². The van der Waals surface area contributed by atoms with Gasteiger partial charge in [-0.3, -0.25) is 9.78 Å². The lowest BCUT2D eigenvalue weighted by atomic mass is 9.96. The van der Waals surface area contributed by atoms with E-state index in [0.717, 1.165) is 5.69 Å². The first-order valence-electron chi connectivity index (χ1n) is 7.52. The third kappa shape index (κ3) is 4.36. The van der Waals surface area contributed by atoms with Crippen molar-refractivity contribution in [3.63, 3.8) is 0 Å². The highest BCUT2D eigenvalue weighted by atomic mass is 19.1. The Morgan fingerprint density at radius 2 is 1.91 bits per heavy atom. The molecule has 0 aliphatic carbocycles. The number of rotatable bonds is 5. The molecule has 122 valence electrons. The Morgan fingerprint density at radius 1 is 1.26 bits per heavy atom. The molecule has 0 aliphatic heterocycles. The molecule has 2 rings (SSSR count). The van der Waals surface area contributed by atoms with Crippen molar-refractivity contribution < 1.29 is 14.3 Å². The maximum atomic E-state index is 12.9. The van der Waals surface area contributed by atoms with Gasteiger partial charge in [0.05, 0.1) is 12.1 Å². The molecule has 2 N–H and O–H groups in total. The SMILES string of the molecule is CC(C)c1ccc(C(=O)NCC(C)(O)c2ccc(F)cc2)cn1. The Balaban J connectivity index is 2.01. The molecule has 0 bridgehead atoms. The Bertz CT molecular complexity index is 664. The van der Waals surface area contributed by atoms with Crippen LogP contribution in [0.3, 0.4) is 0 Å². The normalized spacial score (nSPS) is 13.7. The number of carbonyl (C=O) groups is 1. The Kier molecular flexibility index (Phi) is 5.11. The summed E-state index contributed by atoms with van der Waals surface area (Å²) in [5, 5.41) is 13.1. The van der Waals surface area contributed by atoms with Gasteiger partial charge in [-0.1, -0.05) is 26.0 Å². The van der Waals surface area contributed by atoms with E-state index in [0.29, 0.717) is 17.0 Å². The molecule has 0 spiro atoms. The van der Waals surface area contributed by atoms with Crippen molar-refractivity contribution in [2.75, 3.05) is 6.54 Å². The molecule has 2 aromatic rings. The van der Waals surface area contributed by atoms with Crippen LogP contribution < -0.4 is 5.32 Å². The van der Waals surface area contributed by atoms with Crippen molar-refractivity contribution in [3.8, 4) is 0 Å². The van der Waals surface area contributed by atoms with Crippen LogP contribution in [0.15, 0.2) is 42.6 Å². The average molecular weight is 316 g/mol. The number of halogens is 1. The number of pyridine rings is 1. The van der Waals surface area contributed by atoms with Gasteiger partial charge in [-0.05, 0) is 42.7 Å². The predicted molar refractivity (Wildman–Crippen MR) is 86.6 cm³/mol. The monoisotopic (exact) mass is 316 g/mol. The number of aromatic nitrogens is 1. The largest absolute Gasteiger partial charge is 0.384 e. The number of hydrogen-bond donors (Lipinski definition) is 2. The molecular weight excluding hydrogens is 295 g/mol. The molecule has 1 aromatic heterocycles. The van der Waals surface area contributed by atoms with Gasteiger partial charge in [0, 0.05) is 11.9 Å². The molecule has 23 heavy (non-hydrogen) atoms. The second-order valence-corrected chi connectivity index (χ2v) is 6.09. The summed E-state index contributed by atoms with van der Waals surface area (Å²) in [4.78, 5) is 16.4. The number of nitrogens with zero attached hydrogens (tertiary/aromatic N) is 1. The van der Waals surface area contributed by atoms with E-state index in [9.17, 15) is 14.3 Å². The quantitative estimate of drug-likeness (QED) is 0.891. The average Bonchev–Trinajstić information content (AvgIpc) is 2.53. The van der Waals surface area contributed by atoms with E-state index in [1.54, 1.807) is 13.0 Å². The van der Waals surface area contributed by atoms with E-state index in [2.05, 4.69) is 10.3 Å². The van der Waals surface area contributed by atoms with Crippen LogP contribution in [0.2, 0.25) is 0 Å². The summed E-state index contributed by atoms with van der Waals surface area (Å²) < 4.78 is 12.9. The Morgan fingerprint density at radius 3 is 2.43 bits per heavy atom. The molecule has 0 saturated heterocycles. The van der Waals surface area contributed by atoms with Crippen molar-refractivity contribution >= 4 is 5.91 Å². The lowest BCUT2D eigenvalue weighted by Gasteiger charge is -2.24. The minimum absolute atomic E-state index is 0.0173. The van der Waals surface area contributed by atoms with Crippen molar-refractivity contribution in [1.82, 2.24) is 10.3 Å². The number of hydrogen-bond acceptors (Lipinski definition) is 3. The van der Waals surface area contributed by atoms with Crippen LogP contribution >= 0.6 is 0 Å². The molecule has 1 heterocycles. The molecule has 0 saturated carbocycles. The van der Waals surface area contributed by atoms with Gasteiger partial charge in [-0.15, -0.1) is 0 Å². The fourth-order valence-corrected chi connectivity index (χ4v) is 2.15. The van der Waals surface area contributed by atoms with Gasteiger partial charge in [0.2, 0.25) is 0 Å². The summed E-state index contributed by atoms with van der Waals surface area (Å²) in [6.07, 6.45) is 1.53. The fourth-order valence-electron chi connectivity index (χ4n) is 2.15. The molecular formula is C18H21FN2O2. The molecule has 1 unspecified atom stereocenters. The van der Waals surface area contributed by atoms with Crippen LogP contribution in [0.1, 0.15) is 48.3 Å². The lowest BCUT2D eigenvalue weighted by molar-refractivity contribution is 0.0526. The van der Waals surface area contributed by atoms with Gasteiger partial charge in [0.15, 0.2) is 0 Å². The highest BCUT2D eigenvalue weighted by molar-refractivity contribution is 5.93. The first-order valence-corrected chi connectivity index (χ1v) is 7.52. The number of aliphatic hydroxyl groups is 1. The molecule has 0 aliphatic rings. The number of benzene rings is 1. The smallest absolute Gasteiger partial charge is 0.252 e. The van der Waals surface area contributed by atoms with E-state index in [-0.39, 0.29) is 18.3 Å². The standard InChI is InChI=1S/C18H21FN2O2/c1-12(2)16-9-4-13(10-20-16)17(22)21-11-18(3,23)14-5-7-15(19)8-6-14/h4-10,12,23H,11H2,1-3H3,(H,21,22). The first kappa shape index (κ1) is 17.1. The third-order valence-corrected chi connectivity index (χ3v) is 3.70. The van der Waals surface area contributed by atoms with Gasteiger partial charge < -0.3 is 10.4 Å². The topological polar surface area (TPSA) is 62.2 Å². The molecule has 1 amide bonds. The van der Waals surface area contributed by atoms with Crippen LogP contribution in [0, 0.1) is 5.82 Å². The van der Waals surface area contributed by atoms with Crippen molar-refractivity contribution in [2.45, 2.75) is 32.3 Å². The van der Waals surface area contributed by atoms with E-state index >= 15 is 0 Å². The van der Waals surface area contributed by atoms with Crippen LogP contribution in [-0.4, -0.2) is 22.5 Å². The van der Waals surface area contributed by atoms with E-state index < -0.39 is 5.60 Å². The summed E-state index contributed by atoms with van der Waals surface area (Å²) in [6.45, 7) is 5.65. The van der Waals surface area contributed by atoms with Gasteiger partial charge in [0.1, 0.15) is 11.4 Å². The number of carbonyl (C=O) groups excluding carboxylic acids is 1. The zero-order valence-corrected chi connectivity index (χ0v) is 13.5. The first-order chi connectivity index (χ1) is 10.8. The Labute approximate surface area is 135 Å². The fraction of sp³-hybridized carbons (Fsp3) is 0.333. The van der Waals surface area contributed by atoms with Crippen molar-refractivity contribution in [1.29, 1.82) is 0 Å². The van der Waals surface area contributed by atoms with E-state index in [1.807, 2.05) is 19.9 Å². The summed E-state index contributed by atoms with van der Waals surface area (Å²) in [5.74, 6) is -0.383. The van der Waals surface area contributed by atoms with E-state index in [4.69, 9.17) is 0 Å². The zero-order chi connectivity index (χ0) is 17.0. The second kappa shape index (κ2) is 6.87. The van der Waals surface area contributed by atoms with E-state index in [1.165, 1.54) is 30.5 Å². The third-order valence-electron chi connectivity index (χ3n) is 3.70. The second-order valence-electron chi connectivity index (χ2n) is 6.09. The zero-order valence-electron chi connectivity index (χ0n) is 13.5. The molecule has 0 fully saturated rings. The maximum Gasteiger partial charge on any atom is 0.252 e. The minimum Gasteiger partial charge on any atom is -0.384 e. The number of amides is 1. The Hall–Kier alpha value is -2.27. The molecule has 0 radical (unpaired) electrons. The van der Waals surface area contributed by atoms with Gasteiger partial charge in [0.25, 0.3) is 5.91 Å². The summed E-state index contributed by atoms with van der Waals surface area (Å²) in [5.41, 5.74) is 0.603. The minimum atomic E-state index is -1.28. The predicted octanol–water partition coefficient (Wildman–Crippen LogP) is 2.98. The molecule has 4 nitrogen and oxygen atoms in total. The molecule has 5 heteroatoms. The summed E-state index contributed by atoms with van der Waals surface area (Å²) in [7, 11) is 0. The summed E-state index contributed by atoms with van der Waals surface area (Å²) in [6, 6.07) is 9.09. The van der Waals surface area contributed by atoms with Gasteiger partial charge in [-0.2, -0.15) is 0 Å². The highest BCUT2D eigenvalue weighted by Crippen LogP contribution is 2.20. The maximum absolute atomic E-state index is 12.9. The van der Waals surface area contributed by atoms with Crippen molar-refractivity contribution in [2.24, 2.45) is 0 Å². The highest BCUT2D eigenvalue weighted by Gasteiger charge is 2.24. The van der Waals surface area contributed by atoms with Gasteiger partial charge >= 0.3 is 0 Å². The lowest BCUT2D eigenvalue weighted by Crippen LogP contribution is -2.38. The van der Waals surface area contributed by atoms with Crippen LogP contribution in [0.4, 0.5) is 4.39 Å². The van der Waals surface area contributed by atoms with Gasteiger partial charge in [-0.25, -0.2) is 4.39 Å². The molecule has 1 atom stereocenters. The number of nitrogens with one attached hydrogen (secondary N) is 1. The van der Waals surface area contributed by atoms with Crippen LogP contribution in [0.25, 0.3) is 0 Å². The molecule has 1 aromatic carbocycles.